The molecule has 1 aliphatic heterocycles. The minimum Gasteiger partial charge on any atom is -0.497 e. The van der Waals surface area contributed by atoms with Gasteiger partial charge in [0.25, 0.3) is 0 Å². The van der Waals surface area contributed by atoms with E-state index in [-0.39, 0.29) is 18.0 Å². The number of ether oxygens (including phenoxy) is 1. The Kier molecular flexibility index (Phi) is 6.46. The molecule has 0 spiro atoms. The minimum absolute atomic E-state index is 0.165. The van der Waals surface area contributed by atoms with Crippen LogP contribution in [0.5, 0.6) is 5.75 Å². The molecule has 0 atom stereocenters. The predicted octanol–water partition coefficient (Wildman–Crippen LogP) is 3.88. The van der Waals surface area contributed by atoms with Crippen molar-refractivity contribution in [2.75, 3.05) is 33.3 Å². The van der Waals surface area contributed by atoms with E-state index in [0.29, 0.717) is 37.2 Å². The number of nitrogens with zero attached hydrogens (tertiary/aromatic N) is 3. The Hall–Kier alpha value is -2.89. The maximum absolute atomic E-state index is 13.0. The summed E-state index contributed by atoms with van der Waals surface area (Å²) in [7, 11) is -2.43. The van der Waals surface area contributed by atoms with Gasteiger partial charge in [-0.3, -0.25) is 4.90 Å². The van der Waals surface area contributed by atoms with Crippen LogP contribution in [0.15, 0.2) is 64.0 Å². The maximum atomic E-state index is 13.0. The van der Waals surface area contributed by atoms with Crippen LogP contribution in [-0.2, 0) is 22.7 Å². The molecule has 4 rings (SSSR count). The van der Waals surface area contributed by atoms with Gasteiger partial charge in [-0.1, -0.05) is 11.2 Å². The second-order valence-corrected chi connectivity index (χ2v) is 9.55. The summed E-state index contributed by atoms with van der Waals surface area (Å²) < 4.78 is 76.4. The molecule has 0 unspecified atom stereocenters. The van der Waals surface area contributed by atoms with Crippen molar-refractivity contribution in [3.63, 3.8) is 0 Å². The second-order valence-electron chi connectivity index (χ2n) is 7.61. The van der Waals surface area contributed by atoms with Gasteiger partial charge >= 0.3 is 6.18 Å². The van der Waals surface area contributed by atoms with E-state index in [9.17, 15) is 21.6 Å². The lowest BCUT2D eigenvalue weighted by Crippen LogP contribution is -2.48. The number of piperazine rings is 1. The first-order chi connectivity index (χ1) is 15.7. The first-order valence-electron chi connectivity index (χ1n) is 10.2. The molecular formula is C22H22F3N3O4S. The van der Waals surface area contributed by atoms with E-state index in [1.807, 2.05) is 35.2 Å². The van der Waals surface area contributed by atoms with Crippen molar-refractivity contribution in [2.45, 2.75) is 17.6 Å². The summed E-state index contributed by atoms with van der Waals surface area (Å²) in [6.07, 6.45) is -4.61. The monoisotopic (exact) mass is 481 g/mol. The zero-order valence-corrected chi connectivity index (χ0v) is 18.6. The lowest BCUT2D eigenvalue weighted by atomic mass is 10.1. The number of rotatable bonds is 6. The van der Waals surface area contributed by atoms with Crippen LogP contribution in [0.3, 0.4) is 0 Å². The first kappa shape index (κ1) is 23.3. The molecule has 11 heteroatoms. The molecule has 0 bridgehead atoms. The summed E-state index contributed by atoms with van der Waals surface area (Å²) in [6.45, 7) is 1.60. The highest BCUT2D eigenvalue weighted by Crippen LogP contribution is 2.31. The molecular weight excluding hydrogens is 459 g/mol. The average Bonchev–Trinajstić information content (AvgIpc) is 3.27. The number of hydrogen-bond acceptors (Lipinski definition) is 6. The van der Waals surface area contributed by atoms with Crippen molar-refractivity contribution in [1.82, 2.24) is 14.4 Å². The van der Waals surface area contributed by atoms with E-state index >= 15 is 0 Å². The van der Waals surface area contributed by atoms with Gasteiger partial charge in [-0.25, -0.2) is 8.42 Å². The molecule has 33 heavy (non-hydrogen) atoms. The molecule has 2 heterocycles. The maximum Gasteiger partial charge on any atom is 0.416 e. The predicted molar refractivity (Wildman–Crippen MR) is 114 cm³/mol. The van der Waals surface area contributed by atoms with Crippen molar-refractivity contribution < 1.29 is 30.8 Å². The van der Waals surface area contributed by atoms with Crippen molar-refractivity contribution >= 4 is 10.0 Å². The van der Waals surface area contributed by atoms with Crippen LogP contribution >= 0.6 is 0 Å². The fourth-order valence-electron chi connectivity index (χ4n) is 3.62. The van der Waals surface area contributed by atoms with Crippen molar-refractivity contribution in [3.8, 4) is 17.0 Å². The summed E-state index contributed by atoms with van der Waals surface area (Å²) in [5.74, 6) is 1.37. The number of sulfonamides is 1. The number of aromatic nitrogens is 1. The Balaban J connectivity index is 1.38. The Labute approximate surface area is 189 Å². The quantitative estimate of drug-likeness (QED) is 0.532. The largest absolute Gasteiger partial charge is 0.497 e. The van der Waals surface area contributed by atoms with Crippen LogP contribution in [0.4, 0.5) is 13.2 Å². The third-order valence-corrected chi connectivity index (χ3v) is 7.35. The van der Waals surface area contributed by atoms with Crippen LogP contribution in [0.2, 0.25) is 0 Å². The summed E-state index contributed by atoms with van der Waals surface area (Å²) in [5, 5.41) is 4.09. The fourth-order valence-corrected chi connectivity index (χ4v) is 5.08. The molecule has 0 saturated carbocycles. The zero-order valence-electron chi connectivity index (χ0n) is 17.7. The van der Waals surface area contributed by atoms with Gasteiger partial charge in [-0.2, -0.15) is 17.5 Å². The van der Waals surface area contributed by atoms with Crippen molar-refractivity contribution in [3.05, 3.63) is 65.9 Å². The SMILES string of the molecule is COc1ccc(-c2cc(CN3CCN(S(=O)(=O)c4cccc(C(F)(F)F)c4)CC3)on2)cc1. The average molecular weight is 481 g/mol. The third kappa shape index (κ3) is 5.21. The van der Waals surface area contributed by atoms with Gasteiger partial charge in [0, 0.05) is 37.8 Å². The Bertz CT molecular complexity index is 1200. The lowest BCUT2D eigenvalue weighted by Gasteiger charge is -2.33. The standard InChI is InChI=1S/C22H22F3N3O4S/c1-31-18-7-5-16(6-8-18)21-14-19(32-26-21)15-27-9-11-28(12-10-27)33(29,30)20-4-2-3-17(13-20)22(23,24)25/h2-8,13-14H,9-12,15H2,1H3. The van der Waals surface area contributed by atoms with E-state index in [1.165, 1.54) is 10.4 Å². The van der Waals surface area contributed by atoms with Gasteiger partial charge in [0.05, 0.1) is 24.1 Å². The van der Waals surface area contributed by atoms with E-state index in [1.54, 1.807) is 7.11 Å². The molecule has 0 amide bonds. The Morgan fingerprint density at radius 2 is 1.73 bits per heavy atom. The summed E-state index contributed by atoms with van der Waals surface area (Å²) in [4.78, 5) is 1.65. The normalized spacial score (nSPS) is 16.1. The molecule has 0 aliphatic carbocycles. The van der Waals surface area contributed by atoms with E-state index < -0.39 is 21.8 Å². The highest BCUT2D eigenvalue weighted by molar-refractivity contribution is 7.89. The first-order valence-corrected chi connectivity index (χ1v) is 11.6. The fraction of sp³-hybridized carbons (Fsp3) is 0.318. The topological polar surface area (TPSA) is 75.9 Å². The van der Waals surface area contributed by atoms with Gasteiger partial charge in [0.1, 0.15) is 11.4 Å². The summed E-state index contributed by atoms with van der Waals surface area (Å²) in [5.41, 5.74) is 0.571. The minimum atomic E-state index is -4.61. The molecule has 0 N–H and O–H groups in total. The summed E-state index contributed by atoms with van der Waals surface area (Å²) in [6, 6.07) is 13.1. The molecule has 1 aromatic heterocycles. The number of methoxy groups -OCH3 is 1. The van der Waals surface area contributed by atoms with Crippen molar-refractivity contribution in [1.29, 1.82) is 0 Å². The van der Waals surface area contributed by atoms with Gasteiger partial charge in [0.15, 0.2) is 5.76 Å². The molecule has 3 aromatic rings. The number of hydrogen-bond donors (Lipinski definition) is 0. The molecule has 1 saturated heterocycles. The lowest BCUT2D eigenvalue weighted by molar-refractivity contribution is -0.137. The zero-order chi connectivity index (χ0) is 23.6. The molecule has 7 nitrogen and oxygen atoms in total. The molecule has 176 valence electrons. The smallest absolute Gasteiger partial charge is 0.416 e. The van der Waals surface area contributed by atoms with E-state index in [4.69, 9.17) is 9.26 Å². The van der Waals surface area contributed by atoms with Gasteiger partial charge in [-0.05, 0) is 42.5 Å². The second kappa shape index (κ2) is 9.16. The van der Waals surface area contributed by atoms with Gasteiger partial charge in [-0.15, -0.1) is 0 Å². The summed E-state index contributed by atoms with van der Waals surface area (Å²) >= 11 is 0. The van der Waals surface area contributed by atoms with Crippen LogP contribution in [0.25, 0.3) is 11.3 Å². The van der Waals surface area contributed by atoms with Crippen molar-refractivity contribution in [2.24, 2.45) is 0 Å². The number of alkyl halides is 3. The molecule has 1 fully saturated rings. The van der Waals surface area contributed by atoms with Crippen LogP contribution < -0.4 is 4.74 Å². The van der Waals surface area contributed by atoms with Gasteiger partial charge < -0.3 is 9.26 Å². The van der Waals surface area contributed by atoms with Gasteiger partial charge in [0.2, 0.25) is 10.0 Å². The molecule has 1 aliphatic rings. The molecule has 0 radical (unpaired) electrons. The Morgan fingerprint density at radius 1 is 1.03 bits per heavy atom. The van der Waals surface area contributed by atoms with E-state index in [0.717, 1.165) is 23.4 Å². The Morgan fingerprint density at radius 3 is 2.36 bits per heavy atom. The van der Waals surface area contributed by atoms with Crippen LogP contribution in [0.1, 0.15) is 11.3 Å². The number of benzene rings is 2. The number of halogens is 3. The highest BCUT2D eigenvalue weighted by Gasteiger charge is 2.34. The van der Waals surface area contributed by atoms with Crippen LogP contribution in [-0.4, -0.2) is 56.1 Å². The molecule has 2 aromatic carbocycles. The van der Waals surface area contributed by atoms with Crippen LogP contribution in [0, 0.1) is 0 Å². The highest BCUT2D eigenvalue weighted by atomic mass is 32.2. The van der Waals surface area contributed by atoms with E-state index in [2.05, 4.69) is 5.16 Å². The third-order valence-electron chi connectivity index (χ3n) is 5.45.